The van der Waals surface area contributed by atoms with Gasteiger partial charge in [-0.15, -0.1) is 0 Å². The Bertz CT molecular complexity index is 591. The van der Waals surface area contributed by atoms with Gasteiger partial charge in [0.2, 0.25) is 10.0 Å². The zero-order chi connectivity index (χ0) is 14.0. The van der Waals surface area contributed by atoms with E-state index in [-0.39, 0.29) is 6.04 Å². The van der Waals surface area contributed by atoms with Crippen molar-refractivity contribution < 1.29 is 12.6 Å². The molecule has 1 aliphatic heterocycles. The van der Waals surface area contributed by atoms with E-state index in [0.717, 1.165) is 10.0 Å². The maximum Gasteiger partial charge on any atom is 0.241 e. The van der Waals surface area contributed by atoms with Gasteiger partial charge in [-0.25, -0.2) is 13.1 Å². The van der Waals surface area contributed by atoms with Crippen LogP contribution in [0.5, 0.6) is 0 Å². The van der Waals surface area contributed by atoms with E-state index in [2.05, 4.69) is 20.7 Å². The zero-order valence-electron chi connectivity index (χ0n) is 10.6. The standard InChI is InChI=1S/C12H16BrNO3S2/c1-9-2-3-10(13)8-12(9)19(16,17)14-11-4-6-18(15)7-5-11/h2-3,8,11,14H,4-7H2,1H3. The van der Waals surface area contributed by atoms with Gasteiger partial charge in [0.05, 0.1) is 4.90 Å². The third-order valence-electron chi connectivity index (χ3n) is 3.15. The Balaban J connectivity index is 2.18. The van der Waals surface area contributed by atoms with Crippen LogP contribution >= 0.6 is 15.9 Å². The van der Waals surface area contributed by atoms with Crippen LogP contribution in [0.4, 0.5) is 0 Å². The molecule has 0 aromatic heterocycles. The summed E-state index contributed by atoms with van der Waals surface area (Å²) in [6.45, 7) is 1.77. The van der Waals surface area contributed by atoms with Gasteiger partial charge in [0.15, 0.2) is 0 Å². The monoisotopic (exact) mass is 365 g/mol. The Morgan fingerprint density at radius 1 is 1.32 bits per heavy atom. The van der Waals surface area contributed by atoms with Crippen molar-refractivity contribution in [3.63, 3.8) is 0 Å². The fourth-order valence-electron chi connectivity index (χ4n) is 2.06. The van der Waals surface area contributed by atoms with Crippen LogP contribution in [0.3, 0.4) is 0 Å². The van der Waals surface area contributed by atoms with Gasteiger partial charge in [0.1, 0.15) is 0 Å². The molecule has 1 aromatic carbocycles. The summed E-state index contributed by atoms with van der Waals surface area (Å²) in [5, 5.41) is 0. The van der Waals surface area contributed by atoms with Gasteiger partial charge in [0.25, 0.3) is 0 Å². The van der Waals surface area contributed by atoms with E-state index in [1.165, 1.54) is 0 Å². The van der Waals surface area contributed by atoms with E-state index < -0.39 is 20.8 Å². The number of rotatable bonds is 3. The molecule has 0 unspecified atom stereocenters. The van der Waals surface area contributed by atoms with Gasteiger partial charge >= 0.3 is 0 Å². The molecule has 0 atom stereocenters. The first kappa shape index (κ1) is 15.2. The Hall–Kier alpha value is -0.240. The molecular weight excluding hydrogens is 350 g/mol. The molecule has 0 aliphatic carbocycles. The number of benzene rings is 1. The SMILES string of the molecule is Cc1ccc(Br)cc1S(=O)(=O)NC1CCS(=O)CC1. The summed E-state index contributed by atoms with van der Waals surface area (Å²) in [4.78, 5) is 0.300. The van der Waals surface area contributed by atoms with Crippen molar-refractivity contribution in [3.05, 3.63) is 28.2 Å². The van der Waals surface area contributed by atoms with Crippen molar-refractivity contribution in [2.24, 2.45) is 0 Å². The molecule has 0 bridgehead atoms. The number of aryl methyl sites for hydroxylation is 1. The minimum atomic E-state index is -3.51. The van der Waals surface area contributed by atoms with Crippen molar-refractivity contribution in [1.29, 1.82) is 0 Å². The Morgan fingerprint density at radius 2 is 1.95 bits per heavy atom. The van der Waals surface area contributed by atoms with Gasteiger partial charge in [-0.2, -0.15) is 0 Å². The first-order valence-corrected chi connectivity index (χ1v) is 9.78. The molecule has 0 spiro atoms. The molecule has 7 heteroatoms. The molecule has 1 aliphatic rings. The first-order chi connectivity index (χ1) is 8.88. The van der Waals surface area contributed by atoms with E-state index in [0.29, 0.717) is 29.2 Å². The molecule has 0 amide bonds. The third kappa shape index (κ3) is 3.87. The third-order valence-corrected chi connectivity index (χ3v) is 6.69. The van der Waals surface area contributed by atoms with Crippen molar-refractivity contribution in [2.75, 3.05) is 11.5 Å². The topological polar surface area (TPSA) is 63.2 Å². The van der Waals surface area contributed by atoms with Crippen LogP contribution in [0, 0.1) is 6.92 Å². The predicted molar refractivity (Wildman–Crippen MR) is 80.1 cm³/mol. The van der Waals surface area contributed by atoms with Crippen molar-refractivity contribution >= 4 is 36.8 Å². The van der Waals surface area contributed by atoms with Crippen molar-refractivity contribution in [1.82, 2.24) is 4.72 Å². The lowest BCUT2D eigenvalue weighted by molar-refractivity contribution is 0.521. The maximum absolute atomic E-state index is 12.3. The second-order valence-electron chi connectivity index (χ2n) is 4.65. The van der Waals surface area contributed by atoms with Gasteiger partial charge in [-0.05, 0) is 37.5 Å². The Labute approximate surface area is 124 Å². The molecule has 4 nitrogen and oxygen atoms in total. The van der Waals surface area contributed by atoms with Crippen LogP contribution in [0.15, 0.2) is 27.6 Å². The molecule has 0 saturated carbocycles. The van der Waals surface area contributed by atoms with Crippen LogP contribution in [0.25, 0.3) is 0 Å². The highest BCUT2D eigenvalue weighted by molar-refractivity contribution is 9.10. The van der Waals surface area contributed by atoms with E-state index in [1.54, 1.807) is 19.1 Å². The van der Waals surface area contributed by atoms with Crippen LogP contribution in [-0.2, 0) is 20.8 Å². The van der Waals surface area contributed by atoms with Gasteiger partial charge in [0, 0.05) is 32.8 Å². The average molecular weight is 366 g/mol. The highest BCUT2D eigenvalue weighted by Crippen LogP contribution is 2.22. The highest BCUT2D eigenvalue weighted by atomic mass is 79.9. The highest BCUT2D eigenvalue weighted by Gasteiger charge is 2.25. The fourth-order valence-corrected chi connectivity index (χ4v) is 5.45. The lowest BCUT2D eigenvalue weighted by atomic mass is 10.2. The molecule has 1 heterocycles. The number of hydrogen-bond acceptors (Lipinski definition) is 3. The van der Waals surface area contributed by atoms with E-state index in [4.69, 9.17) is 0 Å². The maximum atomic E-state index is 12.3. The molecule has 1 aromatic rings. The molecule has 0 radical (unpaired) electrons. The smallest absolute Gasteiger partial charge is 0.241 e. The predicted octanol–water partition coefficient (Wildman–Crippen LogP) is 1.95. The molecule has 1 saturated heterocycles. The van der Waals surface area contributed by atoms with E-state index in [9.17, 15) is 12.6 Å². The van der Waals surface area contributed by atoms with Crippen LogP contribution in [-0.4, -0.2) is 30.2 Å². The van der Waals surface area contributed by atoms with Crippen LogP contribution in [0.2, 0.25) is 0 Å². The largest absolute Gasteiger partial charge is 0.260 e. The number of hydrogen-bond donors (Lipinski definition) is 1. The quantitative estimate of drug-likeness (QED) is 0.890. The van der Waals surface area contributed by atoms with E-state index >= 15 is 0 Å². The Kier molecular flexibility index (Phi) is 4.81. The molecule has 1 fully saturated rings. The summed E-state index contributed by atoms with van der Waals surface area (Å²) in [6, 6.07) is 5.09. The van der Waals surface area contributed by atoms with Crippen molar-refractivity contribution in [2.45, 2.75) is 30.7 Å². The average Bonchev–Trinajstić information content (AvgIpc) is 2.35. The molecular formula is C12H16BrNO3S2. The Morgan fingerprint density at radius 3 is 2.58 bits per heavy atom. The summed E-state index contributed by atoms with van der Waals surface area (Å²) in [7, 11) is -4.29. The second kappa shape index (κ2) is 6.03. The summed E-state index contributed by atoms with van der Waals surface area (Å²) in [5.74, 6) is 1.15. The molecule has 106 valence electrons. The second-order valence-corrected chi connectivity index (χ2v) is 8.95. The zero-order valence-corrected chi connectivity index (χ0v) is 13.8. The fraction of sp³-hybridized carbons (Fsp3) is 0.500. The van der Waals surface area contributed by atoms with Crippen molar-refractivity contribution in [3.8, 4) is 0 Å². The lowest BCUT2D eigenvalue weighted by Gasteiger charge is -2.22. The first-order valence-electron chi connectivity index (χ1n) is 6.02. The summed E-state index contributed by atoms with van der Waals surface area (Å²) in [6.07, 6.45) is 1.28. The molecule has 2 rings (SSSR count). The number of halogens is 1. The minimum Gasteiger partial charge on any atom is -0.260 e. The summed E-state index contributed by atoms with van der Waals surface area (Å²) < 4.78 is 39.4. The van der Waals surface area contributed by atoms with Gasteiger partial charge in [-0.3, -0.25) is 4.21 Å². The molecule has 19 heavy (non-hydrogen) atoms. The van der Waals surface area contributed by atoms with E-state index in [1.807, 2.05) is 6.07 Å². The normalized spacial score (nSPS) is 24.3. The lowest BCUT2D eigenvalue weighted by Crippen LogP contribution is -2.39. The summed E-state index contributed by atoms with van der Waals surface area (Å²) >= 11 is 3.29. The van der Waals surface area contributed by atoms with Crippen LogP contribution in [0.1, 0.15) is 18.4 Å². The van der Waals surface area contributed by atoms with Gasteiger partial charge in [-0.1, -0.05) is 22.0 Å². The summed E-state index contributed by atoms with van der Waals surface area (Å²) in [5.41, 5.74) is 0.718. The minimum absolute atomic E-state index is 0.110. The van der Waals surface area contributed by atoms with Crippen LogP contribution < -0.4 is 4.72 Å². The van der Waals surface area contributed by atoms with Gasteiger partial charge < -0.3 is 0 Å². The number of sulfonamides is 1. The number of nitrogens with one attached hydrogen (secondary N) is 1. The molecule has 1 N–H and O–H groups in total.